The van der Waals surface area contributed by atoms with Gasteiger partial charge in [-0.3, -0.25) is 8.98 Å². The first-order valence-corrected chi connectivity index (χ1v) is 12.8. The van der Waals surface area contributed by atoms with Crippen molar-refractivity contribution in [2.45, 2.75) is 45.1 Å². The number of halogens is 1. The number of benzene rings is 2. The molecule has 1 aromatic heterocycles. The fourth-order valence-corrected chi connectivity index (χ4v) is 4.33. The van der Waals surface area contributed by atoms with Crippen molar-refractivity contribution < 1.29 is 22.1 Å². The van der Waals surface area contributed by atoms with E-state index in [0.29, 0.717) is 12.2 Å². The van der Waals surface area contributed by atoms with Crippen molar-refractivity contribution in [2.75, 3.05) is 13.2 Å². The van der Waals surface area contributed by atoms with Gasteiger partial charge in [0.15, 0.2) is 10.8 Å². The van der Waals surface area contributed by atoms with Crippen LogP contribution in [0.4, 0.5) is 0 Å². The second-order valence-corrected chi connectivity index (χ2v) is 11.1. The topological polar surface area (TPSA) is 108 Å². The summed E-state index contributed by atoms with van der Waals surface area (Å²) in [6.07, 6.45) is 1.37. The Hall–Kier alpha value is -2.88. The summed E-state index contributed by atoms with van der Waals surface area (Å²) in [5.41, 5.74) is 1.01. The third-order valence-electron chi connectivity index (χ3n) is 5.08. The van der Waals surface area contributed by atoms with Gasteiger partial charge in [-0.25, -0.2) is 5.10 Å². The van der Waals surface area contributed by atoms with Crippen LogP contribution in [0.2, 0.25) is 5.02 Å². The van der Waals surface area contributed by atoms with Crippen LogP contribution in [0.25, 0.3) is 0 Å². The summed E-state index contributed by atoms with van der Waals surface area (Å²) < 4.78 is 41.3. The van der Waals surface area contributed by atoms with E-state index in [9.17, 15) is 13.2 Å². The summed E-state index contributed by atoms with van der Waals surface area (Å²) in [5.74, 6) is 0.829. The lowest BCUT2D eigenvalue weighted by atomic mass is 9.84. The standard InChI is InChI=1S/C25H29ClN2O6S/c1-17-6-12-20(13-7-17)35(30,31)33-15-5-14-32-19-10-8-18(9-11-19)23(25(2,3)4)34-21-16-27-28-24(29)22(21)26/h6-13,16,23H,5,14-15H2,1-4H3,(H,28,29). The first kappa shape index (κ1) is 26.7. The number of nitrogens with zero attached hydrogens (tertiary/aromatic N) is 1. The minimum atomic E-state index is -3.79. The number of nitrogens with one attached hydrogen (secondary N) is 1. The Morgan fingerprint density at radius 3 is 2.31 bits per heavy atom. The fraction of sp³-hybridized carbons (Fsp3) is 0.360. The largest absolute Gasteiger partial charge is 0.494 e. The lowest BCUT2D eigenvalue weighted by Gasteiger charge is -2.31. The van der Waals surface area contributed by atoms with Gasteiger partial charge >= 0.3 is 0 Å². The second-order valence-electron chi connectivity index (χ2n) is 9.10. The highest BCUT2D eigenvalue weighted by molar-refractivity contribution is 7.86. The summed E-state index contributed by atoms with van der Waals surface area (Å²) in [4.78, 5) is 11.9. The van der Waals surface area contributed by atoms with Crippen molar-refractivity contribution in [1.82, 2.24) is 10.2 Å². The Bertz CT molecular complexity index is 1280. The smallest absolute Gasteiger partial charge is 0.296 e. The van der Waals surface area contributed by atoms with Gasteiger partial charge in [0.2, 0.25) is 0 Å². The van der Waals surface area contributed by atoms with Crippen LogP contribution in [0.15, 0.2) is 64.4 Å². The number of hydrogen-bond donors (Lipinski definition) is 1. The molecule has 0 aliphatic rings. The van der Waals surface area contributed by atoms with Crippen molar-refractivity contribution >= 4 is 21.7 Å². The molecule has 35 heavy (non-hydrogen) atoms. The molecule has 0 amide bonds. The maximum absolute atomic E-state index is 12.2. The first-order valence-electron chi connectivity index (χ1n) is 11.1. The highest BCUT2D eigenvalue weighted by atomic mass is 35.5. The molecule has 188 valence electrons. The number of aromatic nitrogens is 2. The fourth-order valence-electron chi connectivity index (χ4n) is 3.25. The van der Waals surface area contributed by atoms with Gasteiger partial charge in [0, 0.05) is 11.8 Å². The van der Waals surface area contributed by atoms with Gasteiger partial charge in [0.05, 0.1) is 24.3 Å². The van der Waals surface area contributed by atoms with E-state index in [0.717, 1.165) is 11.1 Å². The predicted octanol–water partition coefficient (Wildman–Crippen LogP) is 5.07. The molecule has 0 aliphatic heterocycles. The molecule has 1 heterocycles. The Kier molecular flexibility index (Phi) is 8.58. The van der Waals surface area contributed by atoms with Crippen LogP contribution >= 0.6 is 11.6 Å². The Labute approximate surface area is 210 Å². The van der Waals surface area contributed by atoms with E-state index in [4.69, 9.17) is 25.3 Å². The number of ether oxygens (including phenoxy) is 2. The van der Waals surface area contributed by atoms with Crippen LogP contribution in [-0.4, -0.2) is 31.8 Å². The molecule has 2 aromatic carbocycles. The van der Waals surface area contributed by atoms with E-state index in [1.54, 1.807) is 24.3 Å². The van der Waals surface area contributed by atoms with E-state index < -0.39 is 21.8 Å². The van der Waals surface area contributed by atoms with Gasteiger partial charge < -0.3 is 9.47 Å². The maximum atomic E-state index is 12.2. The van der Waals surface area contributed by atoms with Crippen molar-refractivity contribution in [3.8, 4) is 11.5 Å². The zero-order valence-electron chi connectivity index (χ0n) is 20.1. The van der Waals surface area contributed by atoms with Crippen LogP contribution in [0.1, 0.15) is 44.4 Å². The van der Waals surface area contributed by atoms with Gasteiger partial charge in [-0.15, -0.1) is 0 Å². The van der Waals surface area contributed by atoms with E-state index >= 15 is 0 Å². The van der Waals surface area contributed by atoms with Gasteiger partial charge in [-0.2, -0.15) is 13.5 Å². The minimum Gasteiger partial charge on any atom is -0.494 e. The van der Waals surface area contributed by atoms with Gasteiger partial charge in [-0.1, -0.05) is 62.2 Å². The highest BCUT2D eigenvalue weighted by Crippen LogP contribution is 2.38. The Morgan fingerprint density at radius 1 is 1.03 bits per heavy atom. The molecule has 1 unspecified atom stereocenters. The summed E-state index contributed by atoms with van der Waals surface area (Å²) in [6, 6.07) is 13.9. The monoisotopic (exact) mass is 520 g/mol. The zero-order valence-corrected chi connectivity index (χ0v) is 21.7. The zero-order chi connectivity index (χ0) is 25.6. The average Bonchev–Trinajstić information content (AvgIpc) is 2.80. The SMILES string of the molecule is Cc1ccc(S(=O)(=O)OCCCOc2ccc(C(Oc3cn[nH]c(=O)c3Cl)C(C)(C)C)cc2)cc1. The molecular weight excluding hydrogens is 492 g/mol. The number of rotatable bonds is 10. The quantitative estimate of drug-likeness (QED) is 0.293. The van der Waals surface area contributed by atoms with Gasteiger partial charge in [0.1, 0.15) is 11.9 Å². The van der Waals surface area contributed by atoms with Crippen molar-refractivity contribution in [3.63, 3.8) is 0 Å². The summed E-state index contributed by atoms with van der Waals surface area (Å²) >= 11 is 6.08. The van der Waals surface area contributed by atoms with E-state index in [1.165, 1.54) is 18.3 Å². The molecule has 0 fully saturated rings. The Balaban J connectivity index is 1.56. The summed E-state index contributed by atoms with van der Waals surface area (Å²) in [5, 5.41) is 5.97. The van der Waals surface area contributed by atoms with Crippen LogP contribution in [0, 0.1) is 12.3 Å². The molecule has 10 heteroatoms. The molecule has 3 aromatic rings. The predicted molar refractivity (Wildman–Crippen MR) is 134 cm³/mol. The van der Waals surface area contributed by atoms with E-state index in [2.05, 4.69) is 10.2 Å². The van der Waals surface area contributed by atoms with Crippen molar-refractivity contribution in [3.05, 3.63) is 81.2 Å². The number of aromatic amines is 1. The summed E-state index contributed by atoms with van der Waals surface area (Å²) in [6.45, 7) is 8.23. The van der Waals surface area contributed by atoms with Gasteiger partial charge in [0.25, 0.3) is 15.7 Å². The lowest BCUT2D eigenvalue weighted by molar-refractivity contribution is 0.0861. The molecule has 0 radical (unpaired) electrons. The van der Waals surface area contributed by atoms with Crippen molar-refractivity contribution in [1.29, 1.82) is 0 Å². The molecule has 0 spiro atoms. The molecule has 0 aliphatic carbocycles. The first-order chi connectivity index (χ1) is 16.5. The number of hydrogen-bond acceptors (Lipinski definition) is 7. The molecule has 1 atom stereocenters. The average molecular weight is 521 g/mol. The minimum absolute atomic E-state index is 0.0131. The molecule has 1 N–H and O–H groups in total. The highest BCUT2D eigenvalue weighted by Gasteiger charge is 2.29. The maximum Gasteiger partial charge on any atom is 0.296 e. The molecule has 0 bridgehead atoms. The summed E-state index contributed by atoms with van der Waals surface area (Å²) in [7, 11) is -3.79. The molecule has 3 rings (SSSR count). The third-order valence-corrected chi connectivity index (χ3v) is 6.77. The molecule has 0 saturated heterocycles. The molecule has 8 nitrogen and oxygen atoms in total. The lowest BCUT2D eigenvalue weighted by Crippen LogP contribution is -2.25. The molecule has 0 saturated carbocycles. The van der Waals surface area contributed by atoms with Crippen LogP contribution in [-0.2, 0) is 14.3 Å². The normalized spacial score (nSPS) is 12.8. The number of H-pyrrole nitrogens is 1. The Morgan fingerprint density at radius 2 is 1.69 bits per heavy atom. The second kappa shape index (κ2) is 11.2. The van der Waals surface area contributed by atoms with E-state index in [1.807, 2.05) is 39.8 Å². The van der Waals surface area contributed by atoms with Crippen molar-refractivity contribution in [2.24, 2.45) is 5.41 Å². The number of aryl methyl sites for hydroxylation is 1. The van der Waals surface area contributed by atoms with Crippen LogP contribution in [0.5, 0.6) is 11.5 Å². The van der Waals surface area contributed by atoms with Gasteiger partial charge in [-0.05, 0) is 36.8 Å². The van der Waals surface area contributed by atoms with Crippen LogP contribution < -0.4 is 15.0 Å². The molecular formula is C25H29ClN2O6S. The third kappa shape index (κ3) is 7.30. The van der Waals surface area contributed by atoms with E-state index in [-0.39, 0.29) is 34.3 Å². The van der Waals surface area contributed by atoms with Crippen LogP contribution in [0.3, 0.4) is 0 Å².